The minimum Gasteiger partial charge on any atom is -0.475 e. The molecule has 3 rings (SSSR count). The lowest BCUT2D eigenvalue weighted by Crippen LogP contribution is -2.41. The van der Waals surface area contributed by atoms with Crippen LogP contribution in [0.3, 0.4) is 0 Å². The molecule has 224 valence electrons. The van der Waals surface area contributed by atoms with E-state index < -0.39 is 18.1 Å². The molecule has 1 aliphatic heterocycles. The average Bonchev–Trinajstić information content (AvgIpc) is 3.43. The molecular weight excluding hydrogens is 571 g/mol. The summed E-state index contributed by atoms with van der Waals surface area (Å²) in [5, 5.41) is 15.3. The molecule has 2 aromatic rings. The molecule has 0 bridgehead atoms. The maximum atomic E-state index is 12.7. The number of carbonyl (C=O) groups is 4. The SMILES string of the molecule is COC(=O)CCCN(C)C(=O)C1CCN(c2ncc(C(=O)Oc3ccc(C(=N)N)cc3)s2)CC1.O=C(O)C(F)(F)F. The van der Waals surface area contributed by atoms with Gasteiger partial charge < -0.3 is 30.1 Å². The summed E-state index contributed by atoms with van der Waals surface area (Å²) in [4.78, 5) is 53.8. The number of nitrogens with zero attached hydrogens (tertiary/aromatic N) is 3. The number of anilines is 1. The van der Waals surface area contributed by atoms with Crippen LogP contribution in [0.5, 0.6) is 5.75 Å². The van der Waals surface area contributed by atoms with E-state index in [2.05, 4.69) is 14.6 Å². The van der Waals surface area contributed by atoms with Crippen LogP contribution in [0.4, 0.5) is 18.3 Å². The van der Waals surface area contributed by atoms with E-state index >= 15 is 0 Å². The first-order valence-corrected chi connectivity index (χ1v) is 13.0. The van der Waals surface area contributed by atoms with E-state index in [4.69, 9.17) is 25.8 Å². The van der Waals surface area contributed by atoms with Gasteiger partial charge in [-0.25, -0.2) is 14.6 Å². The number of carbonyl (C=O) groups excluding carboxylic acids is 3. The second-order valence-corrected chi connectivity index (χ2v) is 9.85. The number of nitrogen functional groups attached to an aromatic ring is 1. The predicted molar refractivity (Wildman–Crippen MR) is 142 cm³/mol. The van der Waals surface area contributed by atoms with Gasteiger partial charge >= 0.3 is 24.1 Å². The zero-order valence-corrected chi connectivity index (χ0v) is 23.1. The molecule has 1 amide bonds. The normalized spacial score (nSPS) is 13.4. The maximum Gasteiger partial charge on any atom is 0.490 e. The molecule has 4 N–H and O–H groups in total. The molecule has 1 fully saturated rings. The number of amidine groups is 1. The first-order chi connectivity index (χ1) is 19.2. The van der Waals surface area contributed by atoms with Gasteiger partial charge in [0.1, 0.15) is 16.5 Å². The highest BCUT2D eigenvalue weighted by molar-refractivity contribution is 7.17. The van der Waals surface area contributed by atoms with Gasteiger partial charge in [0, 0.05) is 44.6 Å². The highest BCUT2D eigenvalue weighted by Crippen LogP contribution is 2.29. The number of hydrogen-bond acceptors (Lipinski definition) is 10. The van der Waals surface area contributed by atoms with Crippen molar-refractivity contribution in [1.29, 1.82) is 5.41 Å². The lowest BCUT2D eigenvalue weighted by molar-refractivity contribution is -0.192. The van der Waals surface area contributed by atoms with E-state index in [1.54, 1.807) is 36.2 Å². The number of nitrogens with one attached hydrogen (secondary N) is 1. The smallest absolute Gasteiger partial charge is 0.475 e. The van der Waals surface area contributed by atoms with Gasteiger partial charge in [-0.2, -0.15) is 13.2 Å². The van der Waals surface area contributed by atoms with Crippen LogP contribution in [0.25, 0.3) is 0 Å². The summed E-state index contributed by atoms with van der Waals surface area (Å²) in [6, 6.07) is 6.41. The summed E-state index contributed by atoms with van der Waals surface area (Å²) in [6.45, 7) is 1.85. The molecule has 0 spiro atoms. The highest BCUT2D eigenvalue weighted by atomic mass is 32.1. The summed E-state index contributed by atoms with van der Waals surface area (Å²) in [5.41, 5.74) is 5.98. The van der Waals surface area contributed by atoms with Crippen LogP contribution in [0.2, 0.25) is 0 Å². The Morgan fingerprint density at radius 1 is 1.20 bits per heavy atom. The number of hydrogen-bond donors (Lipinski definition) is 3. The van der Waals surface area contributed by atoms with Gasteiger partial charge in [-0.1, -0.05) is 11.3 Å². The Morgan fingerprint density at radius 3 is 2.29 bits per heavy atom. The number of benzene rings is 1. The fourth-order valence-electron chi connectivity index (χ4n) is 3.67. The lowest BCUT2D eigenvalue weighted by Gasteiger charge is -2.33. The molecule has 0 aliphatic carbocycles. The molecule has 1 aliphatic rings. The molecule has 0 atom stereocenters. The van der Waals surface area contributed by atoms with E-state index in [9.17, 15) is 27.6 Å². The molecule has 0 unspecified atom stereocenters. The van der Waals surface area contributed by atoms with E-state index in [0.29, 0.717) is 61.5 Å². The Morgan fingerprint density at radius 2 is 1.78 bits per heavy atom. The van der Waals surface area contributed by atoms with Crippen LogP contribution in [0, 0.1) is 11.3 Å². The van der Waals surface area contributed by atoms with Gasteiger partial charge in [0.15, 0.2) is 5.13 Å². The Balaban J connectivity index is 0.000000745. The second-order valence-electron chi connectivity index (χ2n) is 8.84. The van der Waals surface area contributed by atoms with E-state index in [0.717, 1.165) is 5.13 Å². The summed E-state index contributed by atoms with van der Waals surface area (Å²) in [6.07, 6.45) is -1.32. The van der Waals surface area contributed by atoms with Crippen molar-refractivity contribution in [3.8, 4) is 5.75 Å². The number of esters is 2. The zero-order chi connectivity index (χ0) is 30.7. The second kappa shape index (κ2) is 15.0. The minimum absolute atomic E-state index is 0.0549. The number of nitrogens with two attached hydrogens (primary N) is 1. The van der Waals surface area contributed by atoms with E-state index in [1.165, 1.54) is 24.6 Å². The third-order valence-corrected chi connectivity index (χ3v) is 6.94. The van der Waals surface area contributed by atoms with Crippen LogP contribution in [0.15, 0.2) is 30.5 Å². The number of thiazole rings is 1. The lowest BCUT2D eigenvalue weighted by atomic mass is 9.95. The Hall–Kier alpha value is -4.21. The number of aromatic nitrogens is 1. The van der Waals surface area contributed by atoms with Crippen molar-refractivity contribution < 1.29 is 46.9 Å². The number of piperidine rings is 1. The number of amides is 1. The number of rotatable bonds is 9. The van der Waals surface area contributed by atoms with Crippen LogP contribution < -0.4 is 15.4 Å². The number of carboxylic acid groups (broad SMARTS) is 1. The molecular formula is C25H30F3N5O7S. The molecule has 2 heterocycles. The third-order valence-electron chi connectivity index (χ3n) is 5.91. The molecule has 12 nitrogen and oxygen atoms in total. The first-order valence-electron chi connectivity index (χ1n) is 12.2. The van der Waals surface area contributed by atoms with Crippen LogP contribution in [0.1, 0.15) is 40.9 Å². The number of ether oxygens (including phenoxy) is 2. The van der Waals surface area contributed by atoms with Crippen LogP contribution in [-0.2, 0) is 19.1 Å². The maximum absolute atomic E-state index is 12.7. The standard InChI is InChI=1S/C23H29N5O5S.C2HF3O2/c1-27(11-3-4-19(29)32-2)21(30)16-9-12-28(13-10-16)23-26-14-18(34-23)22(31)33-17-7-5-15(6-8-17)20(24)25;3-2(4,5)1(6)7/h5-8,14,16H,3-4,9-13H2,1-2H3,(H3,24,25);(H,6,7). The van der Waals surface area contributed by atoms with Gasteiger partial charge in [0.2, 0.25) is 5.91 Å². The van der Waals surface area contributed by atoms with Crippen molar-refractivity contribution in [2.75, 3.05) is 38.7 Å². The monoisotopic (exact) mass is 601 g/mol. The van der Waals surface area contributed by atoms with Crippen LogP contribution in [-0.4, -0.2) is 84.6 Å². The summed E-state index contributed by atoms with van der Waals surface area (Å²) in [7, 11) is 3.12. The van der Waals surface area contributed by atoms with Gasteiger partial charge in [0.05, 0.1) is 13.3 Å². The van der Waals surface area contributed by atoms with E-state index in [1.807, 2.05) is 0 Å². The fourth-order valence-corrected chi connectivity index (χ4v) is 4.51. The van der Waals surface area contributed by atoms with Gasteiger partial charge in [0.25, 0.3) is 0 Å². The Labute approximate surface area is 237 Å². The quantitative estimate of drug-likeness (QED) is 0.168. The van der Waals surface area contributed by atoms with Gasteiger partial charge in [-0.3, -0.25) is 15.0 Å². The minimum atomic E-state index is -5.08. The van der Waals surface area contributed by atoms with Gasteiger partial charge in [-0.05, 0) is 43.5 Å². The Kier molecular flexibility index (Phi) is 12.0. The summed E-state index contributed by atoms with van der Waals surface area (Å²) < 4.78 is 41.8. The van der Waals surface area contributed by atoms with Crippen molar-refractivity contribution in [3.05, 3.63) is 40.9 Å². The molecule has 0 saturated carbocycles. The van der Waals surface area contributed by atoms with E-state index in [-0.39, 0.29) is 23.6 Å². The van der Waals surface area contributed by atoms with Crippen molar-refractivity contribution in [1.82, 2.24) is 9.88 Å². The number of halogens is 3. The van der Waals surface area contributed by atoms with Crippen molar-refractivity contribution >= 4 is 46.1 Å². The number of methoxy groups -OCH3 is 1. The number of alkyl halides is 3. The van der Waals surface area contributed by atoms with Crippen molar-refractivity contribution in [2.45, 2.75) is 31.9 Å². The number of aliphatic carboxylic acids is 1. The highest BCUT2D eigenvalue weighted by Gasteiger charge is 2.38. The molecule has 0 radical (unpaired) electrons. The molecule has 41 heavy (non-hydrogen) atoms. The summed E-state index contributed by atoms with van der Waals surface area (Å²) in [5.74, 6) is -3.21. The van der Waals surface area contributed by atoms with Crippen molar-refractivity contribution in [3.63, 3.8) is 0 Å². The molecule has 1 saturated heterocycles. The molecule has 16 heteroatoms. The van der Waals surface area contributed by atoms with Crippen molar-refractivity contribution in [2.24, 2.45) is 11.7 Å². The van der Waals surface area contributed by atoms with Gasteiger partial charge in [-0.15, -0.1) is 0 Å². The number of carboxylic acids is 1. The largest absolute Gasteiger partial charge is 0.490 e. The first kappa shape index (κ1) is 33.0. The zero-order valence-electron chi connectivity index (χ0n) is 22.3. The summed E-state index contributed by atoms with van der Waals surface area (Å²) >= 11 is 1.25. The topological polar surface area (TPSA) is 176 Å². The molecule has 1 aromatic carbocycles. The predicted octanol–water partition coefficient (Wildman–Crippen LogP) is 2.91. The third kappa shape index (κ3) is 10.4. The molecule has 1 aromatic heterocycles. The average molecular weight is 602 g/mol. The fraction of sp³-hybridized carbons (Fsp3) is 0.440. The Bertz CT molecular complexity index is 1230. The van der Waals surface area contributed by atoms with Crippen LogP contribution >= 0.6 is 11.3 Å².